The lowest BCUT2D eigenvalue weighted by Crippen LogP contribution is -2.26. The molecule has 0 saturated heterocycles. The van der Waals surface area contributed by atoms with Gasteiger partial charge < -0.3 is 4.90 Å². The Hall–Kier alpha value is -1.68. The highest BCUT2D eigenvalue weighted by molar-refractivity contribution is 9.10. The number of carbonyl (C=O) groups excluding carboxylic acids is 1. The van der Waals surface area contributed by atoms with E-state index in [0.29, 0.717) is 17.6 Å². The summed E-state index contributed by atoms with van der Waals surface area (Å²) in [6, 6.07) is 12.3. The summed E-state index contributed by atoms with van der Waals surface area (Å²) in [4.78, 5) is 14.0. The number of hydrogen-bond donors (Lipinski definition) is 0. The van der Waals surface area contributed by atoms with Crippen molar-refractivity contribution in [2.75, 3.05) is 0 Å². The van der Waals surface area contributed by atoms with Crippen LogP contribution in [0.5, 0.6) is 0 Å². The van der Waals surface area contributed by atoms with Crippen LogP contribution in [-0.4, -0.2) is 10.8 Å². The SMILES string of the molecule is O=C(c1cc(Br)ccc1F)N1Cc2ccccc2C1. The maximum absolute atomic E-state index is 13.7. The number of nitrogens with zero attached hydrogens (tertiary/aromatic N) is 1. The van der Waals surface area contributed by atoms with Crippen LogP contribution in [0.4, 0.5) is 4.39 Å². The van der Waals surface area contributed by atoms with Crippen molar-refractivity contribution in [2.24, 2.45) is 0 Å². The molecule has 3 rings (SSSR count). The minimum absolute atomic E-state index is 0.113. The van der Waals surface area contributed by atoms with Crippen LogP contribution in [0, 0.1) is 5.82 Å². The van der Waals surface area contributed by atoms with Gasteiger partial charge in [0.1, 0.15) is 5.82 Å². The highest BCUT2D eigenvalue weighted by atomic mass is 79.9. The summed E-state index contributed by atoms with van der Waals surface area (Å²) in [5.41, 5.74) is 2.37. The molecule has 0 bridgehead atoms. The van der Waals surface area contributed by atoms with E-state index in [1.165, 1.54) is 12.1 Å². The highest BCUT2D eigenvalue weighted by Crippen LogP contribution is 2.25. The van der Waals surface area contributed by atoms with Crippen LogP contribution >= 0.6 is 15.9 Å². The van der Waals surface area contributed by atoms with E-state index in [4.69, 9.17) is 0 Å². The van der Waals surface area contributed by atoms with Gasteiger partial charge in [-0.15, -0.1) is 0 Å². The van der Waals surface area contributed by atoms with Crippen molar-refractivity contribution in [1.29, 1.82) is 0 Å². The molecule has 0 spiro atoms. The van der Waals surface area contributed by atoms with Gasteiger partial charge in [-0.25, -0.2) is 4.39 Å². The third kappa shape index (κ3) is 2.28. The van der Waals surface area contributed by atoms with Crippen molar-refractivity contribution in [3.63, 3.8) is 0 Å². The van der Waals surface area contributed by atoms with E-state index in [9.17, 15) is 9.18 Å². The van der Waals surface area contributed by atoms with Crippen LogP contribution in [0.1, 0.15) is 21.5 Å². The molecule has 0 aromatic heterocycles. The van der Waals surface area contributed by atoms with Gasteiger partial charge in [0.15, 0.2) is 0 Å². The number of amides is 1. The molecule has 2 aromatic rings. The second-order valence-corrected chi connectivity index (χ2v) is 5.47. The van der Waals surface area contributed by atoms with Crippen LogP contribution in [0.15, 0.2) is 46.9 Å². The van der Waals surface area contributed by atoms with E-state index < -0.39 is 5.82 Å². The molecule has 1 aliphatic heterocycles. The highest BCUT2D eigenvalue weighted by Gasteiger charge is 2.25. The second kappa shape index (κ2) is 4.78. The molecular formula is C15H11BrFNO. The van der Waals surface area contributed by atoms with Crippen LogP contribution in [-0.2, 0) is 13.1 Å². The van der Waals surface area contributed by atoms with Crippen LogP contribution in [0.3, 0.4) is 0 Å². The lowest BCUT2D eigenvalue weighted by atomic mass is 10.1. The average Bonchev–Trinajstić information content (AvgIpc) is 2.84. The third-order valence-corrected chi connectivity index (χ3v) is 3.78. The van der Waals surface area contributed by atoms with E-state index >= 15 is 0 Å². The molecular weight excluding hydrogens is 309 g/mol. The van der Waals surface area contributed by atoms with Gasteiger partial charge in [-0.1, -0.05) is 40.2 Å². The van der Waals surface area contributed by atoms with Crippen LogP contribution in [0.2, 0.25) is 0 Å². The Kier molecular flexibility index (Phi) is 3.11. The maximum atomic E-state index is 13.7. The minimum Gasteiger partial charge on any atom is -0.330 e. The molecule has 4 heteroatoms. The third-order valence-electron chi connectivity index (χ3n) is 3.29. The van der Waals surface area contributed by atoms with Gasteiger partial charge in [0.2, 0.25) is 0 Å². The van der Waals surface area contributed by atoms with Gasteiger partial charge in [-0.2, -0.15) is 0 Å². The molecule has 0 atom stereocenters. The zero-order chi connectivity index (χ0) is 13.4. The first kappa shape index (κ1) is 12.4. The molecule has 0 fully saturated rings. The fourth-order valence-corrected chi connectivity index (χ4v) is 2.67. The molecule has 2 aromatic carbocycles. The Morgan fingerprint density at radius 1 is 1.11 bits per heavy atom. The van der Waals surface area contributed by atoms with Crippen LogP contribution < -0.4 is 0 Å². The van der Waals surface area contributed by atoms with Crippen molar-refractivity contribution in [2.45, 2.75) is 13.1 Å². The zero-order valence-corrected chi connectivity index (χ0v) is 11.7. The van der Waals surface area contributed by atoms with Crippen molar-refractivity contribution in [3.05, 3.63) is 69.4 Å². The molecule has 19 heavy (non-hydrogen) atoms. The maximum Gasteiger partial charge on any atom is 0.257 e. The Morgan fingerprint density at radius 3 is 2.37 bits per heavy atom. The summed E-state index contributed by atoms with van der Waals surface area (Å²) >= 11 is 3.26. The summed E-state index contributed by atoms with van der Waals surface area (Å²) < 4.78 is 14.4. The van der Waals surface area contributed by atoms with Crippen molar-refractivity contribution >= 4 is 21.8 Å². The largest absolute Gasteiger partial charge is 0.330 e. The number of hydrogen-bond acceptors (Lipinski definition) is 1. The number of rotatable bonds is 1. The molecule has 1 aliphatic rings. The molecule has 96 valence electrons. The monoisotopic (exact) mass is 319 g/mol. The number of halogens is 2. The first-order chi connectivity index (χ1) is 9.15. The lowest BCUT2D eigenvalue weighted by Gasteiger charge is -2.16. The molecule has 0 radical (unpaired) electrons. The summed E-state index contributed by atoms with van der Waals surface area (Å²) in [7, 11) is 0. The van der Waals surface area contributed by atoms with Gasteiger partial charge in [-0.3, -0.25) is 4.79 Å². The van der Waals surface area contributed by atoms with Crippen molar-refractivity contribution < 1.29 is 9.18 Å². The van der Waals surface area contributed by atoms with Gasteiger partial charge in [0.05, 0.1) is 5.56 Å². The first-order valence-electron chi connectivity index (χ1n) is 5.96. The van der Waals surface area contributed by atoms with E-state index in [0.717, 1.165) is 11.1 Å². The van der Waals surface area contributed by atoms with Crippen molar-refractivity contribution in [3.8, 4) is 0 Å². The van der Waals surface area contributed by atoms with Crippen molar-refractivity contribution in [1.82, 2.24) is 4.90 Å². The number of benzene rings is 2. The lowest BCUT2D eigenvalue weighted by molar-refractivity contribution is 0.0746. The average molecular weight is 320 g/mol. The molecule has 0 saturated carbocycles. The quantitative estimate of drug-likeness (QED) is 0.784. The smallest absolute Gasteiger partial charge is 0.257 e. The van der Waals surface area contributed by atoms with Gasteiger partial charge in [0, 0.05) is 17.6 Å². The Bertz CT molecular complexity index is 631. The van der Waals surface area contributed by atoms with Gasteiger partial charge in [-0.05, 0) is 29.3 Å². The minimum atomic E-state index is -0.482. The predicted octanol–water partition coefficient (Wildman–Crippen LogP) is 3.74. The molecule has 1 amide bonds. The Labute approximate surface area is 119 Å². The number of carbonyl (C=O) groups is 1. The predicted molar refractivity (Wildman–Crippen MR) is 74.1 cm³/mol. The Morgan fingerprint density at radius 2 is 1.74 bits per heavy atom. The zero-order valence-electron chi connectivity index (χ0n) is 10.1. The summed E-state index contributed by atoms with van der Waals surface area (Å²) in [6.45, 7) is 1.09. The topological polar surface area (TPSA) is 20.3 Å². The summed E-state index contributed by atoms with van der Waals surface area (Å²) in [5.74, 6) is -0.751. The van der Waals surface area contributed by atoms with E-state index in [1.807, 2.05) is 24.3 Å². The molecule has 0 aliphatic carbocycles. The fraction of sp³-hybridized carbons (Fsp3) is 0.133. The summed E-state index contributed by atoms with van der Waals surface area (Å²) in [6.07, 6.45) is 0. The molecule has 0 unspecified atom stereocenters. The normalized spacial score (nSPS) is 13.5. The molecule has 0 N–H and O–H groups in total. The summed E-state index contributed by atoms with van der Waals surface area (Å²) in [5, 5.41) is 0. The molecule has 2 nitrogen and oxygen atoms in total. The molecule has 1 heterocycles. The van der Waals surface area contributed by atoms with E-state index in [-0.39, 0.29) is 11.5 Å². The van der Waals surface area contributed by atoms with Gasteiger partial charge >= 0.3 is 0 Å². The number of fused-ring (bicyclic) bond motifs is 1. The van der Waals surface area contributed by atoms with Crippen LogP contribution in [0.25, 0.3) is 0 Å². The van der Waals surface area contributed by atoms with E-state index in [1.54, 1.807) is 11.0 Å². The first-order valence-corrected chi connectivity index (χ1v) is 6.75. The fourth-order valence-electron chi connectivity index (χ4n) is 2.31. The Balaban J connectivity index is 1.89. The van der Waals surface area contributed by atoms with Gasteiger partial charge in [0.25, 0.3) is 5.91 Å². The standard InChI is InChI=1S/C15H11BrFNO/c16-12-5-6-14(17)13(7-12)15(19)18-8-10-3-1-2-4-11(10)9-18/h1-7H,8-9H2. The second-order valence-electron chi connectivity index (χ2n) is 4.55. The van der Waals surface area contributed by atoms with E-state index in [2.05, 4.69) is 15.9 Å².